The molecule has 0 atom stereocenters. The molecule has 1 rings (SSSR count). The zero-order chi connectivity index (χ0) is 12.1. The van der Waals surface area contributed by atoms with E-state index >= 15 is 0 Å². The smallest absolute Gasteiger partial charge is 0.341 e. The molecule has 0 saturated carbocycles. The van der Waals surface area contributed by atoms with Gasteiger partial charge < -0.3 is 9.47 Å². The molecule has 0 spiro atoms. The van der Waals surface area contributed by atoms with E-state index in [9.17, 15) is 4.79 Å². The molecule has 0 fully saturated rings. The summed E-state index contributed by atoms with van der Waals surface area (Å²) in [5, 5.41) is 8.88. The van der Waals surface area contributed by atoms with Crippen LogP contribution in [0.1, 0.15) is 21.5 Å². The van der Waals surface area contributed by atoms with Crippen LogP contribution in [0, 0.1) is 11.3 Å². The number of carbonyl (C=O) groups is 1. The third-order valence-electron chi connectivity index (χ3n) is 2.10. The highest BCUT2D eigenvalue weighted by molar-refractivity contribution is 6.17. The summed E-state index contributed by atoms with van der Waals surface area (Å²) < 4.78 is 9.62. The lowest BCUT2D eigenvalue weighted by atomic mass is 10.0. The van der Waals surface area contributed by atoms with Crippen LogP contribution in [0.5, 0.6) is 5.75 Å². The lowest BCUT2D eigenvalue weighted by Gasteiger charge is -2.09. The second-order valence-electron chi connectivity index (χ2n) is 2.95. The molecule has 0 aliphatic rings. The minimum atomic E-state index is -0.521. The molecule has 16 heavy (non-hydrogen) atoms. The Morgan fingerprint density at radius 1 is 1.50 bits per heavy atom. The number of ether oxygens (including phenoxy) is 2. The molecule has 0 heterocycles. The summed E-state index contributed by atoms with van der Waals surface area (Å²) in [5.74, 6) is -0.0679. The summed E-state index contributed by atoms with van der Waals surface area (Å²) in [6.45, 7) is 0. The number of nitriles is 1. The van der Waals surface area contributed by atoms with Gasteiger partial charge in [0.25, 0.3) is 0 Å². The predicted octanol–water partition coefficient (Wildman–Crippen LogP) is 2.09. The van der Waals surface area contributed by atoms with Crippen molar-refractivity contribution in [2.75, 3.05) is 14.2 Å². The van der Waals surface area contributed by atoms with Crippen LogP contribution >= 0.6 is 11.6 Å². The van der Waals surface area contributed by atoms with Gasteiger partial charge in [0, 0.05) is 5.88 Å². The van der Waals surface area contributed by atoms with Crippen LogP contribution in [0.3, 0.4) is 0 Å². The standard InChI is InChI=1S/C11H10ClNO3/c1-15-10-4-8(6-13)7(5-12)3-9(10)11(14)16-2/h3-4H,5H2,1-2H3. The molecule has 84 valence electrons. The Morgan fingerprint density at radius 3 is 2.62 bits per heavy atom. The van der Waals surface area contributed by atoms with Crippen LogP contribution in [0.25, 0.3) is 0 Å². The first-order valence-corrected chi connectivity index (χ1v) is 4.96. The van der Waals surface area contributed by atoms with Crippen LogP contribution in [0.15, 0.2) is 12.1 Å². The van der Waals surface area contributed by atoms with Gasteiger partial charge in [-0.25, -0.2) is 4.79 Å². The molecule has 4 nitrogen and oxygen atoms in total. The molecular weight excluding hydrogens is 230 g/mol. The van der Waals surface area contributed by atoms with Gasteiger partial charge in [-0.3, -0.25) is 0 Å². The van der Waals surface area contributed by atoms with Crippen LogP contribution in [-0.2, 0) is 10.6 Å². The van der Waals surface area contributed by atoms with E-state index in [1.807, 2.05) is 6.07 Å². The van der Waals surface area contributed by atoms with Crippen molar-refractivity contribution in [3.63, 3.8) is 0 Å². The van der Waals surface area contributed by atoms with Crippen molar-refractivity contribution in [3.05, 3.63) is 28.8 Å². The summed E-state index contributed by atoms with van der Waals surface area (Å²) in [6.07, 6.45) is 0. The summed E-state index contributed by atoms with van der Waals surface area (Å²) >= 11 is 5.68. The second kappa shape index (κ2) is 5.38. The fourth-order valence-electron chi connectivity index (χ4n) is 1.28. The van der Waals surface area contributed by atoms with Gasteiger partial charge in [0.15, 0.2) is 0 Å². The van der Waals surface area contributed by atoms with Gasteiger partial charge in [-0.15, -0.1) is 11.6 Å². The number of esters is 1. The van der Waals surface area contributed by atoms with Crippen LogP contribution in [-0.4, -0.2) is 20.2 Å². The monoisotopic (exact) mass is 239 g/mol. The molecule has 1 aromatic carbocycles. The topological polar surface area (TPSA) is 59.3 Å². The Labute approximate surface area is 98.3 Å². The maximum atomic E-state index is 11.4. The molecule has 1 aromatic rings. The summed E-state index contributed by atoms with van der Waals surface area (Å²) in [5.41, 5.74) is 1.23. The number of carbonyl (C=O) groups excluding carboxylic acids is 1. The maximum absolute atomic E-state index is 11.4. The van der Waals surface area contributed by atoms with E-state index in [-0.39, 0.29) is 11.4 Å². The van der Waals surface area contributed by atoms with Crippen molar-refractivity contribution in [1.82, 2.24) is 0 Å². The van der Waals surface area contributed by atoms with Crippen LogP contribution < -0.4 is 4.74 Å². The fraction of sp³-hybridized carbons (Fsp3) is 0.273. The Hall–Kier alpha value is -1.73. The van der Waals surface area contributed by atoms with E-state index in [1.54, 1.807) is 0 Å². The Kier molecular flexibility index (Phi) is 4.15. The van der Waals surface area contributed by atoms with E-state index in [0.717, 1.165) is 0 Å². The maximum Gasteiger partial charge on any atom is 0.341 e. The van der Waals surface area contributed by atoms with Crippen molar-refractivity contribution >= 4 is 17.6 Å². The molecule has 0 radical (unpaired) electrons. The molecule has 0 amide bonds. The zero-order valence-electron chi connectivity index (χ0n) is 8.91. The number of alkyl halides is 1. The predicted molar refractivity (Wildman–Crippen MR) is 58.6 cm³/mol. The quantitative estimate of drug-likeness (QED) is 0.599. The first kappa shape index (κ1) is 12.3. The van der Waals surface area contributed by atoms with E-state index in [4.69, 9.17) is 21.6 Å². The van der Waals surface area contributed by atoms with E-state index in [0.29, 0.717) is 16.9 Å². The second-order valence-corrected chi connectivity index (χ2v) is 3.21. The summed E-state index contributed by atoms with van der Waals surface area (Å²) in [4.78, 5) is 11.4. The molecular formula is C11H10ClNO3. The largest absolute Gasteiger partial charge is 0.496 e. The minimum absolute atomic E-state index is 0.150. The lowest BCUT2D eigenvalue weighted by Crippen LogP contribution is -2.06. The van der Waals surface area contributed by atoms with E-state index in [2.05, 4.69) is 4.74 Å². The fourth-order valence-corrected chi connectivity index (χ4v) is 1.50. The molecule has 0 saturated heterocycles. The van der Waals surface area contributed by atoms with Crippen LogP contribution in [0.4, 0.5) is 0 Å². The number of hydrogen-bond acceptors (Lipinski definition) is 4. The molecule has 0 aromatic heterocycles. The van der Waals surface area contributed by atoms with Crippen molar-refractivity contribution < 1.29 is 14.3 Å². The van der Waals surface area contributed by atoms with Gasteiger partial charge in [0.2, 0.25) is 0 Å². The normalized spacial score (nSPS) is 9.38. The molecule has 0 N–H and O–H groups in total. The zero-order valence-corrected chi connectivity index (χ0v) is 9.67. The number of benzene rings is 1. The van der Waals surface area contributed by atoms with Crippen LogP contribution in [0.2, 0.25) is 0 Å². The summed E-state index contributed by atoms with van der Waals surface area (Å²) in [7, 11) is 2.70. The highest BCUT2D eigenvalue weighted by Gasteiger charge is 2.16. The average molecular weight is 240 g/mol. The van der Waals surface area contributed by atoms with Gasteiger partial charge in [-0.1, -0.05) is 0 Å². The Morgan fingerprint density at radius 2 is 2.19 bits per heavy atom. The molecule has 0 aliphatic heterocycles. The third kappa shape index (κ3) is 2.26. The van der Waals surface area contributed by atoms with Gasteiger partial charge in [-0.2, -0.15) is 5.26 Å². The molecule has 5 heteroatoms. The number of halogens is 1. The molecule has 0 unspecified atom stereocenters. The number of rotatable bonds is 3. The van der Waals surface area contributed by atoms with Gasteiger partial charge in [-0.05, 0) is 17.7 Å². The van der Waals surface area contributed by atoms with Crippen molar-refractivity contribution in [2.45, 2.75) is 5.88 Å². The van der Waals surface area contributed by atoms with E-state index in [1.165, 1.54) is 26.4 Å². The van der Waals surface area contributed by atoms with Crippen molar-refractivity contribution in [2.24, 2.45) is 0 Å². The number of nitrogens with zero attached hydrogens (tertiary/aromatic N) is 1. The van der Waals surface area contributed by atoms with Crippen molar-refractivity contribution in [3.8, 4) is 11.8 Å². The first-order valence-electron chi connectivity index (χ1n) is 4.43. The van der Waals surface area contributed by atoms with Gasteiger partial charge in [0.05, 0.1) is 25.9 Å². The van der Waals surface area contributed by atoms with Gasteiger partial charge in [0.1, 0.15) is 11.3 Å². The Balaban J connectivity index is 3.38. The van der Waals surface area contributed by atoms with E-state index < -0.39 is 5.97 Å². The van der Waals surface area contributed by atoms with Crippen molar-refractivity contribution in [1.29, 1.82) is 5.26 Å². The minimum Gasteiger partial charge on any atom is -0.496 e. The first-order chi connectivity index (χ1) is 7.67. The third-order valence-corrected chi connectivity index (χ3v) is 2.38. The highest BCUT2D eigenvalue weighted by atomic mass is 35.5. The SMILES string of the molecule is COC(=O)c1cc(CCl)c(C#N)cc1OC. The summed E-state index contributed by atoms with van der Waals surface area (Å²) in [6, 6.07) is 4.98. The molecule has 0 bridgehead atoms. The Bertz CT molecular complexity index is 451. The highest BCUT2D eigenvalue weighted by Crippen LogP contribution is 2.25. The lowest BCUT2D eigenvalue weighted by molar-refractivity contribution is 0.0597. The number of methoxy groups -OCH3 is 2. The average Bonchev–Trinajstić information content (AvgIpc) is 2.35. The number of hydrogen-bond donors (Lipinski definition) is 0. The van der Waals surface area contributed by atoms with Gasteiger partial charge >= 0.3 is 5.97 Å². The molecule has 0 aliphatic carbocycles.